The molecule has 0 saturated carbocycles. The SMILES string of the molecule is N[C@@H]1CCCN(c2nc(-c3n[nH]c4cnc(-c5cccnc5)cc34)ccc2Br)C1. The minimum absolute atomic E-state index is 0.181. The molecule has 8 heteroatoms. The van der Waals surface area contributed by atoms with Crippen LogP contribution in [0.15, 0.2) is 53.4 Å². The minimum atomic E-state index is 0.181. The predicted octanol–water partition coefficient (Wildman–Crippen LogP) is 3.77. The van der Waals surface area contributed by atoms with E-state index < -0.39 is 0 Å². The lowest BCUT2D eigenvalue weighted by Crippen LogP contribution is -2.43. The van der Waals surface area contributed by atoms with Crippen LogP contribution < -0.4 is 10.6 Å². The molecule has 7 nitrogen and oxygen atoms in total. The Labute approximate surface area is 176 Å². The van der Waals surface area contributed by atoms with Crippen molar-refractivity contribution in [2.45, 2.75) is 18.9 Å². The highest BCUT2D eigenvalue weighted by Gasteiger charge is 2.21. The first kappa shape index (κ1) is 18.2. The molecule has 29 heavy (non-hydrogen) atoms. The number of nitrogens with one attached hydrogen (secondary N) is 1. The van der Waals surface area contributed by atoms with Gasteiger partial charge in [0.2, 0.25) is 0 Å². The molecule has 1 aliphatic rings. The van der Waals surface area contributed by atoms with Gasteiger partial charge in [-0.05, 0) is 59.1 Å². The molecule has 146 valence electrons. The van der Waals surface area contributed by atoms with Gasteiger partial charge in [-0.15, -0.1) is 0 Å². The van der Waals surface area contributed by atoms with Gasteiger partial charge in [-0.2, -0.15) is 5.10 Å². The first-order valence-corrected chi connectivity index (χ1v) is 10.4. The number of rotatable bonds is 3. The number of halogens is 1. The Morgan fingerprint density at radius 2 is 2.10 bits per heavy atom. The lowest BCUT2D eigenvalue weighted by molar-refractivity contribution is 0.503. The summed E-state index contributed by atoms with van der Waals surface area (Å²) in [7, 11) is 0. The van der Waals surface area contributed by atoms with Crippen molar-refractivity contribution < 1.29 is 0 Å². The number of aromatic amines is 1. The van der Waals surface area contributed by atoms with Crippen molar-refractivity contribution in [1.82, 2.24) is 25.1 Å². The number of aromatic nitrogens is 5. The van der Waals surface area contributed by atoms with Crippen molar-refractivity contribution in [3.8, 4) is 22.6 Å². The molecule has 0 unspecified atom stereocenters. The maximum Gasteiger partial charge on any atom is 0.143 e. The van der Waals surface area contributed by atoms with Gasteiger partial charge in [0.15, 0.2) is 0 Å². The molecule has 4 aromatic rings. The summed E-state index contributed by atoms with van der Waals surface area (Å²) in [6.45, 7) is 1.77. The summed E-state index contributed by atoms with van der Waals surface area (Å²) < 4.78 is 0.966. The third-order valence-corrected chi connectivity index (χ3v) is 5.85. The fourth-order valence-corrected chi connectivity index (χ4v) is 4.24. The number of pyridine rings is 3. The van der Waals surface area contributed by atoms with E-state index in [1.807, 2.05) is 36.5 Å². The van der Waals surface area contributed by atoms with Crippen LogP contribution in [-0.2, 0) is 0 Å². The fourth-order valence-electron chi connectivity index (χ4n) is 3.77. The molecule has 1 aliphatic heterocycles. The minimum Gasteiger partial charge on any atom is -0.354 e. The normalized spacial score (nSPS) is 17.0. The van der Waals surface area contributed by atoms with E-state index in [4.69, 9.17) is 10.7 Å². The molecule has 3 N–H and O–H groups in total. The Hall–Kier alpha value is -2.84. The van der Waals surface area contributed by atoms with Crippen LogP contribution >= 0.6 is 15.9 Å². The number of nitrogens with zero attached hydrogens (tertiary/aromatic N) is 5. The van der Waals surface area contributed by atoms with Gasteiger partial charge in [0.25, 0.3) is 0 Å². The summed E-state index contributed by atoms with van der Waals surface area (Å²) in [6, 6.07) is 10.1. The summed E-state index contributed by atoms with van der Waals surface area (Å²) in [5, 5.41) is 8.58. The summed E-state index contributed by atoms with van der Waals surface area (Å²) in [6.07, 6.45) is 7.50. The van der Waals surface area contributed by atoms with Gasteiger partial charge in [-0.25, -0.2) is 4.98 Å². The van der Waals surface area contributed by atoms with E-state index in [9.17, 15) is 0 Å². The van der Waals surface area contributed by atoms with Gasteiger partial charge >= 0.3 is 0 Å². The highest BCUT2D eigenvalue weighted by atomic mass is 79.9. The zero-order valence-corrected chi connectivity index (χ0v) is 17.3. The first-order valence-electron chi connectivity index (χ1n) is 9.61. The van der Waals surface area contributed by atoms with Crippen LogP contribution in [0, 0.1) is 0 Å². The Balaban J connectivity index is 1.58. The van der Waals surface area contributed by atoms with Gasteiger partial charge < -0.3 is 10.6 Å². The summed E-state index contributed by atoms with van der Waals surface area (Å²) in [5.74, 6) is 0.912. The highest BCUT2D eigenvalue weighted by Crippen LogP contribution is 2.32. The molecule has 0 aromatic carbocycles. The molecule has 5 heterocycles. The zero-order chi connectivity index (χ0) is 19.8. The van der Waals surface area contributed by atoms with E-state index in [0.717, 1.165) is 69.8 Å². The summed E-state index contributed by atoms with van der Waals surface area (Å²) >= 11 is 3.65. The third-order valence-electron chi connectivity index (χ3n) is 5.23. The van der Waals surface area contributed by atoms with E-state index in [2.05, 4.69) is 41.0 Å². The van der Waals surface area contributed by atoms with Gasteiger partial charge in [0.05, 0.1) is 27.6 Å². The number of anilines is 1. The van der Waals surface area contributed by atoms with Gasteiger partial charge in [0.1, 0.15) is 11.5 Å². The Kier molecular flexibility index (Phi) is 4.73. The molecule has 1 fully saturated rings. The van der Waals surface area contributed by atoms with Crippen LogP contribution in [0.5, 0.6) is 0 Å². The largest absolute Gasteiger partial charge is 0.354 e. The lowest BCUT2D eigenvalue weighted by atomic mass is 10.1. The predicted molar refractivity (Wildman–Crippen MR) is 117 cm³/mol. The second kappa shape index (κ2) is 7.53. The molecular weight excluding hydrogens is 430 g/mol. The summed E-state index contributed by atoms with van der Waals surface area (Å²) in [4.78, 5) is 15.9. The van der Waals surface area contributed by atoms with Gasteiger partial charge in [-0.1, -0.05) is 0 Å². The van der Waals surface area contributed by atoms with Crippen LogP contribution in [-0.4, -0.2) is 44.3 Å². The molecule has 0 amide bonds. The summed E-state index contributed by atoms with van der Waals surface area (Å²) in [5.41, 5.74) is 10.5. The molecule has 1 saturated heterocycles. The second-order valence-corrected chi connectivity index (χ2v) is 8.13. The average Bonchev–Trinajstić information content (AvgIpc) is 3.18. The van der Waals surface area contributed by atoms with E-state index in [0.29, 0.717) is 0 Å². The van der Waals surface area contributed by atoms with Crippen molar-refractivity contribution in [2.75, 3.05) is 18.0 Å². The van der Waals surface area contributed by atoms with Crippen molar-refractivity contribution in [1.29, 1.82) is 0 Å². The Morgan fingerprint density at radius 3 is 2.93 bits per heavy atom. The molecule has 0 aliphatic carbocycles. The lowest BCUT2D eigenvalue weighted by Gasteiger charge is -2.32. The number of hydrogen-bond donors (Lipinski definition) is 2. The monoisotopic (exact) mass is 449 g/mol. The van der Waals surface area contributed by atoms with Crippen molar-refractivity contribution >= 4 is 32.7 Å². The van der Waals surface area contributed by atoms with Crippen molar-refractivity contribution in [3.05, 3.63) is 53.4 Å². The van der Waals surface area contributed by atoms with E-state index >= 15 is 0 Å². The molecule has 5 rings (SSSR count). The van der Waals surface area contributed by atoms with Crippen LogP contribution in [0.4, 0.5) is 5.82 Å². The van der Waals surface area contributed by atoms with E-state index in [1.54, 1.807) is 12.4 Å². The Bertz CT molecular complexity index is 1160. The quantitative estimate of drug-likeness (QED) is 0.493. The highest BCUT2D eigenvalue weighted by molar-refractivity contribution is 9.10. The molecule has 1 atom stereocenters. The number of piperidine rings is 1. The molecule has 0 radical (unpaired) electrons. The molecule has 4 aromatic heterocycles. The second-order valence-electron chi connectivity index (χ2n) is 7.28. The molecule has 0 bridgehead atoms. The third kappa shape index (κ3) is 3.49. The Morgan fingerprint density at radius 1 is 1.17 bits per heavy atom. The maximum atomic E-state index is 6.18. The molecular formula is C21H20BrN7. The maximum absolute atomic E-state index is 6.18. The topological polar surface area (TPSA) is 96.6 Å². The standard InChI is InChI=1S/C21H20BrN7/c22-16-5-6-17(26-21(16)29-8-2-4-14(23)12-29)20-15-9-18(13-3-1-7-24-10-13)25-11-19(15)27-28-20/h1,3,5-7,9-11,14H,2,4,8,12,23H2,(H,27,28)/t14-/m1/s1. The number of fused-ring (bicyclic) bond motifs is 1. The molecule has 0 spiro atoms. The van der Waals surface area contributed by atoms with Crippen LogP contribution in [0.3, 0.4) is 0 Å². The smallest absolute Gasteiger partial charge is 0.143 e. The number of nitrogens with two attached hydrogens (primary N) is 1. The average molecular weight is 450 g/mol. The number of H-pyrrole nitrogens is 1. The number of hydrogen-bond acceptors (Lipinski definition) is 6. The van der Waals surface area contributed by atoms with Crippen LogP contribution in [0.1, 0.15) is 12.8 Å². The van der Waals surface area contributed by atoms with Crippen molar-refractivity contribution in [2.24, 2.45) is 5.73 Å². The van der Waals surface area contributed by atoms with E-state index in [1.165, 1.54) is 0 Å². The first-order chi connectivity index (χ1) is 14.2. The van der Waals surface area contributed by atoms with Gasteiger partial charge in [-0.3, -0.25) is 15.1 Å². The van der Waals surface area contributed by atoms with Gasteiger partial charge in [0, 0.05) is 42.5 Å². The van der Waals surface area contributed by atoms with E-state index in [-0.39, 0.29) is 6.04 Å². The van der Waals surface area contributed by atoms with Crippen LogP contribution in [0.2, 0.25) is 0 Å². The van der Waals surface area contributed by atoms with Crippen LogP contribution in [0.25, 0.3) is 33.5 Å². The fraction of sp³-hybridized carbons (Fsp3) is 0.238. The van der Waals surface area contributed by atoms with Crippen molar-refractivity contribution in [3.63, 3.8) is 0 Å². The zero-order valence-electron chi connectivity index (χ0n) is 15.7.